The zero-order valence-electron chi connectivity index (χ0n) is 12.7. The monoisotopic (exact) mass is 343 g/mol. The number of nitrogens with one attached hydrogen (secondary N) is 1. The van der Waals surface area contributed by atoms with E-state index in [1.165, 1.54) is 12.0 Å². The van der Waals surface area contributed by atoms with Gasteiger partial charge in [0.05, 0.1) is 5.52 Å². The van der Waals surface area contributed by atoms with Gasteiger partial charge in [0, 0.05) is 48.0 Å². The summed E-state index contributed by atoms with van der Waals surface area (Å²) < 4.78 is 0. The van der Waals surface area contributed by atoms with Crippen LogP contribution in [0.1, 0.15) is 12.0 Å². The lowest BCUT2D eigenvalue weighted by atomic mass is 10.1. The fourth-order valence-corrected chi connectivity index (χ4v) is 4.03. The van der Waals surface area contributed by atoms with Crippen LogP contribution in [0.2, 0.25) is 5.02 Å². The average Bonchev–Trinajstić information content (AvgIpc) is 3.20. The number of hydrogen-bond donors (Lipinski definition) is 1. The Morgan fingerprint density at radius 1 is 1.30 bits per heavy atom. The van der Waals surface area contributed by atoms with Gasteiger partial charge in [0.25, 0.3) is 0 Å². The Hall–Kier alpha value is -1.62. The van der Waals surface area contributed by atoms with Crippen LogP contribution in [0.3, 0.4) is 0 Å². The highest BCUT2D eigenvalue weighted by Crippen LogP contribution is 2.26. The lowest BCUT2D eigenvalue weighted by Gasteiger charge is -2.18. The Morgan fingerprint density at radius 2 is 2.26 bits per heavy atom. The average molecular weight is 344 g/mol. The highest BCUT2D eigenvalue weighted by molar-refractivity contribution is 7.07. The Labute approximate surface area is 144 Å². The summed E-state index contributed by atoms with van der Waals surface area (Å²) in [4.78, 5) is 6.92. The molecule has 0 aliphatic carbocycles. The minimum absolute atomic E-state index is 0.481. The molecular formula is C18H18ClN3S. The number of rotatable bonds is 4. The van der Waals surface area contributed by atoms with Crippen LogP contribution < -0.4 is 5.32 Å². The summed E-state index contributed by atoms with van der Waals surface area (Å²) in [6.07, 6.45) is 3.01. The highest BCUT2D eigenvalue weighted by Gasteiger charge is 2.22. The standard InChI is InChI=1S/C18H18ClN3S/c19-14-1-2-16-17(3-6-20-18(16)9-14)21-15-4-7-22(11-15)10-13-5-8-23-12-13/h1-3,5-6,8-9,12,15H,4,7,10-11H2,(H,20,21). The lowest BCUT2D eigenvalue weighted by molar-refractivity contribution is 0.329. The van der Waals surface area contributed by atoms with Gasteiger partial charge in [-0.3, -0.25) is 9.88 Å². The Kier molecular flexibility index (Phi) is 4.21. The van der Waals surface area contributed by atoms with Crippen molar-refractivity contribution in [3.63, 3.8) is 0 Å². The number of pyridine rings is 1. The van der Waals surface area contributed by atoms with Gasteiger partial charge in [-0.1, -0.05) is 11.6 Å². The van der Waals surface area contributed by atoms with Crippen molar-refractivity contribution >= 4 is 39.5 Å². The quantitative estimate of drug-likeness (QED) is 0.748. The van der Waals surface area contributed by atoms with Gasteiger partial charge in [0.2, 0.25) is 0 Å². The van der Waals surface area contributed by atoms with E-state index in [1.807, 2.05) is 24.4 Å². The molecule has 0 spiro atoms. The molecule has 0 bridgehead atoms. The number of likely N-dealkylation sites (tertiary alicyclic amines) is 1. The third kappa shape index (κ3) is 3.34. The van der Waals surface area contributed by atoms with Gasteiger partial charge in [-0.2, -0.15) is 11.3 Å². The molecule has 3 heterocycles. The van der Waals surface area contributed by atoms with Crippen molar-refractivity contribution in [2.24, 2.45) is 0 Å². The fourth-order valence-electron chi connectivity index (χ4n) is 3.20. The molecule has 1 saturated heterocycles. The van der Waals surface area contributed by atoms with Crippen molar-refractivity contribution in [3.8, 4) is 0 Å². The second-order valence-corrected chi connectivity index (χ2v) is 7.23. The number of halogens is 1. The molecule has 1 atom stereocenters. The maximum absolute atomic E-state index is 6.06. The number of fused-ring (bicyclic) bond motifs is 1. The topological polar surface area (TPSA) is 28.2 Å². The lowest BCUT2D eigenvalue weighted by Crippen LogP contribution is -2.25. The van der Waals surface area contributed by atoms with E-state index in [9.17, 15) is 0 Å². The molecule has 0 amide bonds. The molecular weight excluding hydrogens is 326 g/mol. The molecule has 3 aromatic rings. The molecule has 0 saturated carbocycles. The van der Waals surface area contributed by atoms with Crippen LogP contribution in [0.4, 0.5) is 5.69 Å². The molecule has 4 rings (SSSR count). The third-order valence-corrected chi connectivity index (χ3v) is 5.29. The van der Waals surface area contributed by atoms with Crippen molar-refractivity contribution < 1.29 is 0 Å². The number of thiophene rings is 1. The molecule has 1 aromatic carbocycles. The van der Waals surface area contributed by atoms with Crippen LogP contribution in [0, 0.1) is 0 Å². The summed E-state index contributed by atoms with van der Waals surface area (Å²) in [5, 5.41) is 9.94. The van der Waals surface area contributed by atoms with E-state index in [2.05, 4.69) is 38.1 Å². The van der Waals surface area contributed by atoms with Crippen molar-refractivity contribution in [1.82, 2.24) is 9.88 Å². The van der Waals surface area contributed by atoms with Crippen molar-refractivity contribution in [1.29, 1.82) is 0 Å². The van der Waals surface area contributed by atoms with Crippen molar-refractivity contribution in [3.05, 3.63) is 57.9 Å². The predicted molar refractivity (Wildman–Crippen MR) is 98.4 cm³/mol. The van der Waals surface area contributed by atoms with E-state index >= 15 is 0 Å². The number of benzene rings is 1. The normalized spacial score (nSPS) is 18.6. The maximum atomic E-state index is 6.06. The van der Waals surface area contributed by atoms with E-state index < -0.39 is 0 Å². The van der Waals surface area contributed by atoms with Gasteiger partial charge >= 0.3 is 0 Å². The third-order valence-electron chi connectivity index (χ3n) is 4.32. The molecule has 1 fully saturated rings. The summed E-state index contributed by atoms with van der Waals surface area (Å²) in [5.41, 5.74) is 3.50. The van der Waals surface area contributed by atoms with Crippen molar-refractivity contribution in [2.75, 3.05) is 18.4 Å². The number of aromatic nitrogens is 1. The molecule has 2 aromatic heterocycles. The first-order valence-corrected chi connectivity index (χ1v) is 9.14. The number of nitrogens with zero attached hydrogens (tertiary/aromatic N) is 2. The molecule has 1 aliphatic rings. The molecule has 1 unspecified atom stereocenters. The van der Waals surface area contributed by atoms with E-state index in [-0.39, 0.29) is 0 Å². The van der Waals surface area contributed by atoms with E-state index in [0.717, 1.165) is 41.2 Å². The van der Waals surface area contributed by atoms with E-state index in [0.29, 0.717) is 6.04 Å². The maximum Gasteiger partial charge on any atom is 0.0737 e. The van der Waals surface area contributed by atoms with Crippen LogP contribution in [-0.2, 0) is 6.54 Å². The van der Waals surface area contributed by atoms with Gasteiger partial charge in [-0.05, 0) is 53.1 Å². The molecule has 118 valence electrons. The molecule has 3 nitrogen and oxygen atoms in total. The van der Waals surface area contributed by atoms with Gasteiger partial charge in [-0.25, -0.2) is 0 Å². The first-order valence-electron chi connectivity index (χ1n) is 7.82. The molecule has 1 N–H and O–H groups in total. The fraction of sp³-hybridized carbons (Fsp3) is 0.278. The van der Waals surface area contributed by atoms with Gasteiger partial charge in [-0.15, -0.1) is 0 Å². The molecule has 5 heteroatoms. The van der Waals surface area contributed by atoms with Crippen LogP contribution in [0.5, 0.6) is 0 Å². The molecule has 0 radical (unpaired) electrons. The zero-order chi connectivity index (χ0) is 15.6. The van der Waals surface area contributed by atoms with Crippen LogP contribution in [0.15, 0.2) is 47.3 Å². The largest absolute Gasteiger partial charge is 0.380 e. The van der Waals surface area contributed by atoms with Gasteiger partial charge in [0.15, 0.2) is 0 Å². The van der Waals surface area contributed by atoms with Crippen molar-refractivity contribution in [2.45, 2.75) is 19.0 Å². The van der Waals surface area contributed by atoms with Gasteiger partial charge < -0.3 is 5.32 Å². The first kappa shape index (κ1) is 14.9. The smallest absolute Gasteiger partial charge is 0.0737 e. The molecule has 23 heavy (non-hydrogen) atoms. The minimum Gasteiger partial charge on any atom is -0.380 e. The second kappa shape index (κ2) is 6.48. The molecule has 1 aliphatic heterocycles. The Morgan fingerprint density at radius 3 is 3.13 bits per heavy atom. The predicted octanol–water partition coefficient (Wildman–Crippen LogP) is 4.64. The van der Waals surface area contributed by atoms with Gasteiger partial charge in [0.1, 0.15) is 0 Å². The second-order valence-electron chi connectivity index (χ2n) is 6.02. The zero-order valence-corrected chi connectivity index (χ0v) is 14.3. The van der Waals surface area contributed by atoms with Crippen LogP contribution in [0.25, 0.3) is 10.9 Å². The van der Waals surface area contributed by atoms with E-state index in [1.54, 1.807) is 11.3 Å². The number of hydrogen-bond acceptors (Lipinski definition) is 4. The minimum atomic E-state index is 0.481. The Balaban J connectivity index is 1.47. The Bertz CT molecular complexity index is 803. The first-order chi connectivity index (χ1) is 11.3. The summed E-state index contributed by atoms with van der Waals surface area (Å²) in [5.74, 6) is 0. The highest BCUT2D eigenvalue weighted by atomic mass is 35.5. The summed E-state index contributed by atoms with van der Waals surface area (Å²) in [6.45, 7) is 3.27. The summed E-state index contributed by atoms with van der Waals surface area (Å²) >= 11 is 7.83. The number of anilines is 1. The van der Waals surface area contributed by atoms with Crippen LogP contribution >= 0.6 is 22.9 Å². The summed E-state index contributed by atoms with van der Waals surface area (Å²) in [7, 11) is 0. The van der Waals surface area contributed by atoms with E-state index in [4.69, 9.17) is 11.6 Å². The summed E-state index contributed by atoms with van der Waals surface area (Å²) in [6, 6.07) is 10.6. The SMILES string of the molecule is Clc1ccc2c(NC3CCN(Cc4ccsc4)C3)ccnc2c1. The van der Waals surface area contributed by atoms with Crippen LogP contribution in [-0.4, -0.2) is 29.0 Å².